The Morgan fingerprint density at radius 1 is 1.19 bits per heavy atom. The highest BCUT2D eigenvalue weighted by Crippen LogP contribution is 2.25. The van der Waals surface area contributed by atoms with Crippen LogP contribution in [-0.2, 0) is 24.0 Å². The van der Waals surface area contributed by atoms with Gasteiger partial charge in [-0.2, -0.15) is 13.2 Å². The molecule has 1 aromatic rings. The molecule has 2 rings (SSSR count). The molecule has 0 aliphatic heterocycles. The molecule has 7 heteroatoms. The Bertz CT molecular complexity index is 477. The molecule has 0 saturated heterocycles. The monoisotopic (exact) mass is 303 g/mol. The molecule has 1 aromatic heterocycles. The van der Waals surface area contributed by atoms with Crippen LogP contribution in [0.3, 0.4) is 0 Å². The molecule has 0 radical (unpaired) electrons. The first-order chi connectivity index (χ1) is 9.99. The third kappa shape index (κ3) is 4.84. The summed E-state index contributed by atoms with van der Waals surface area (Å²) in [5, 5.41) is 3.22. The van der Waals surface area contributed by atoms with Crippen molar-refractivity contribution < 1.29 is 17.9 Å². The Morgan fingerprint density at radius 2 is 1.95 bits per heavy atom. The number of fused-ring (bicyclic) bond motifs is 1. The van der Waals surface area contributed by atoms with E-state index in [2.05, 4.69) is 20.0 Å². The Kier molecular flexibility index (Phi) is 5.39. The highest BCUT2D eigenvalue weighted by atomic mass is 19.4. The summed E-state index contributed by atoms with van der Waals surface area (Å²) in [6.07, 6.45) is 0.102. The predicted molar refractivity (Wildman–Crippen MR) is 73.4 cm³/mol. The zero-order valence-corrected chi connectivity index (χ0v) is 12.1. The van der Waals surface area contributed by atoms with Crippen LogP contribution in [-0.4, -0.2) is 35.9 Å². The lowest BCUT2D eigenvalue weighted by atomic mass is 9.96. The van der Waals surface area contributed by atoms with Crippen LogP contribution in [0.25, 0.3) is 0 Å². The SMILES string of the molecule is CCNc1nc(CCOCC(F)(F)F)nc2c1CCCC2. The smallest absolute Gasteiger partial charge is 0.372 e. The third-order valence-corrected chi connectivity index (χ3v) is 3.31. The number of halogens is 3. The number of aryl methyl sites for hydroxylation is 1. The quantitative estimate of drug-likeness (QED) is 0.821. The fourth-order valence-corrected chi connectivity index (χ4v) is 2.42. The van der Waals surface area contributed by atoms with Crippen LogP contribution in [0.15, 0.2) is 0 Å². The predicted octanol–water partition coefficient (Wildman–Crippen LogP) is 2.91. The van der Waals surface area contributed by atoms with Gasteiger partial charge in [0.2, 0.25) is 0 Å². The van der Waals surface area contributed by atoms with Gasteiger partial charge < -0.3 is 10.1 Å². The number of hydrogen-bond donors (Lipinski definition) is 1. The first-order valence-electron chi connectivity index (χ1n) is 7.26. The molecule has 1 aliphatic carbocycles. The highest BCUT2D eigenvalue weighted by Gasteiger charge is 2.27. The fourth-order valence-electron chi connectivity index (χ4n) is 2.42. The number of nitrogens with zero attached hydrogens (tertiary/aromatic N) is 2. The van der Waals surface area contributed by atoms with Gasteiger partial charge in [-0.25, -0.2) is 9.97 Å². The van der Waals surface area contributed by atoms with Crippen LogP contribution >= 0.6 is 0 Å². The average molecular weight is 303 g/mol. The maximum Gasteiger partial charge on any atom is 0.411 e. The first kappa shape index (κ1) is 16.0. The van der Waals surface area contributed by atoms with E-state index in [0.29, 0.717) is 12.2 Å². The van der Waals surface area contributed by atoms with E-state index in [-0.39, 0.29) is 6.61 Å². The molecular formula is C14H20F3N3O. The first-order valence-corrected chi connectivity index (χ1v) is 7.26. The van der Waals surface area contributed by atoms with Crippen molar-refractivity contribution in [2.24, 2.45) is 0 Å². The van der Waals surface area contributed by atoms with Gasteiger partial charge in [0.05, 0.1) is 6.61 Å². The van der Waals surface area contributed by atoms with Gasteiger partial charge in [-0.3, -0.25) is 0 Å². The molecule has 21 heavy (non-hydrogen) atoms. The average Bonchev–Trinajstić information content (AvgIpc) is 2.43. The van der Waals surface area contributed by atoms with Crippen molar-refractivity contribution in [2.45, 2.75) is 45.2 Å². The lowest BCUT2D eigenvalue weighted by Gasteiger charge is -2.19. The topological polar surface area (TPSA) is 47.0 Å². The molecule has 0 fully saturated rings. The van der Waals surface area contributed by atoms with Crippen molar-refractivity contribution in [1.82, 2.24) is 9.97 Å². The summed E-state index contributed by atoms with van der Waals surface area (Å²) >= 11 is 0. The van der Waals surface area contributed by atoms with Crippen molar-refractivity contribution in [3.63, 3.8) is 0 Å². The van der Waals surface area contributed by atoms with E-state index in [1.165, 1.54) is 0 Å². The summed E-state index contributed by atoms with van der Waals surface area (Å²) in [4.78, 5) is 8.90. The van der Waals surface area contributed by atoms with E-state index in [1.54, 1.807) is 0 Å². The summed E-state index contributed by atoms with van der Waals surface area (Å²) in [6, 6.07) is 0. The van der Waals surface area contributed by atoms with Crippen molar-refractivity contribution in [3.05, 3.63) is 17.1 Å². The molecule has 0 amide bonds. The number of aromatic nitrogens is 2. The Labute approximate surface area is 122 Å². The van der Waals surface area contributed by atoms with E-state index in [1.807, 2.05) is 6.92 Å². The second-order valence-corrected chi connectivity index (χ2v) is 5.07. The summed E-state index contributed by atoms with van der Waals surface area (Å²) in [5.74, 6) is 1.38. The second kappa shape index (κ2) is 7.06. The van der Waals surface area contributed by atoms with Gasteiger partial charge >= 0.3 is 6.18 Å². The highest BCUT2D eigenvalue weighted by molar-refractivity contribution is 5.47. The van der Waals surface area contributed by atoms with Gasteiger partial charge in [0.1, 0.15) is 18.2 Å². The lowest BCUT2D eigenvalue weighted by Crippen LogP contribution is -2.19. The Hall–Kier alpha value is -1.37. The zero-order valence-electron chi connectivity index (χ0n) is 12.1. The summed E-state index contributed by atoms with van der Waals surface area (Å²) in [7, 11) is 0. The summed E-state index contributed by atoms with van der Waals surface area (Å²) in [5.41, 5.74) is 2.18. The molecule has 0 atom stereocenters. The van der Waals surface area contributed by atoms with Crippen LogP contribution in [0.4, 0.5) is 19.0 Å². The molecule has 1 heterocycles. The zero-order chi connectivity index (χ0) is 15.3. The van der Waals surface area contributed by atoms with Crippen LogP contribution in [0.2, 0.25) is 0 Å². The number of nitrogens with one attached hydrogen (secondary N) is 1. The van der Waals surface area contributed by atoms with Gasteiger partial charge in [-0.15, -0.1) is 0 Å². The van der Waals surface area contributed by atoms with Crippen molar-refractivity contribution in [3.8, 4) is 0 Å². The second-order valence-electron chi connectivity index (χ2n) is 5.07. The van der Waals surface area contributed by atoms with E-state index < -0.39 is 12.8 Å². The van der Waals surface area contributed by atoms with Gasteiger partial charge in [0.25, 0.3) is 0 Å². The maximum atomic E-state index is 12.0. The molecule has 0 unspecified atom stereocenters. The molecule has 4 nitrogen and oxygen atoms in total. The van der Waals surface area contributed by atoms with Crippen molar-refractivity contribution >= 4 is 5.82 Å². The molecule has 0 bridgehead atoms. The molecule has 0 spiro atoms. The van der Waals surface area contributed by atoms with Gasteiger partial charge in [-0.05, 0) is 32.6 Å². The van der Waals surface area contributed by atoms with E-state index in [0.717, 1.165) is 49.3 Å². The minimum absolute atomic E-state index is 0.0239. The normalized spacial score (nSPS) is 14.9. The minimum Gasteiger partial charge on any atom is -0.372 e. The van der Waals surface area contributed by atoms with Crippen molar-refractivity contribution in [1.29, 1.82) is 0 Å². The number of hydrogen-bond acceptors (Lipinski definition) is 4. The van der Waals surface area contributed by atoms with Crippen LogP contribution in [0.5, 0.6) is 0 Å². The van der Waals surface area contributed by atoms with E-state index >= 15 is 0 Å². The molecule has 0 aromatic carbocycles. The van der Waals surface area contributed by atoms with Gasteiger partial charge in [-0.1, -0.05) is 0 Å². The lowest BCUT2D eigenvalue weighted by molar-refractivity contribution is -0.173. The van der Waals surface area contributed by atoms with Crippen LogP contribution in [0.1, 0.15) is 36.8 Å². The molecule has 118 valence electrons. The molecular weight excluding hydrogens is 283 g/mol. The van der Waals surface area contributed by atoms with Gasteiger partial charge in [0.15, 0.2) is 0 Å². The maximum absolute atomic E-state index is 12.0. The number of rotatable bonds is 6. The third-order valence-electron chi connectivity index (χ3n) is 3.31. The van der Waals surface area contributed by atoms with Gasteiger partial charge in [0, 0.05) is 24.2 Å². The van der Waals surface area contributed by atoms with Crippen molar-refractivity contribution in [2.75, 3.05) is 25.1 Å². The van der Waals surface area contributed by atoms with Crippen LogP contribution in [0, 0.1) is 0 Å². The molecule has 1 N–H and O–H groups in total. The summed E-state index contributed by atoms with van der Waals surface area (Å²) in [6.45, 7) is 1.50. The molecule has 1 aliphatic rings. The van der Waals surface area contributed by atoms with E-state index in [4.69, 9.17) is 0 Å². The van der Waals surface area contributed by atoms with E-state index in [9.17, 15) is 13.2 Å². The van der Waals surface area contributed by atoms with Crippen LogP contribution < -0.4 is 5.32 Å². The summed E-state index contributed by atoms with van der Waals surface area (Å²) < 4.78 is 40.6. The largest absolute Gasteiger partial charge is 0.411 e. The molecule has 0 saturated carbocycles. The number of ether oxygens (including phenoxy) is 1. The number of anilines is 1. The minimum atomic E-state index is -4.29. The number of alkyl halides is 3. The standard InChI is InChI=1S/C14H20F3N3O/c1-2-18-13-10-5-3-4-6-11(10)19-12(20-13)7-8-21-9-14(15,16)17/h2-9H2,1H3,(H,18,19,20). The Morgan fingerprint density at radius 3 is 2.67 bits per heavy atom. The fraction of sp³-hybridized carbons (Fsp3) is 0.714. The Balaban J connectivity index is 2.01.